The Bertz CT molecular complexity index is 1320. The summed E-state index contributed by atoms with van der Waals surface area (Å²) >= 11 is 1.52. The molecule has 0 saturated carbocycles. The van der Waals surface area contributed by atoms with Gasteiger partial charge >= 0.3 is 0 Å². The number of morpholine rings is 1. The van der Waals surface area contributed by atoms with Crippen LogP contribution in [0.1, 0.15) is 30.4 Å². The highest BCUT2D eigenvalue weighted by molar-refractivity contribution is 7.91. The lowest BCUT2D eigenvalue weighted by Crippen LogP contribution is -2.39. The Morgan fingerprint density at radius 3 is 2.57 bits per heavy atom. The molecule has 10 heteroatoms. The van der Waals surface area contributed by atoms with Crippen molar-refractivity contribution in [2.45, 2.75) is 38.0 Å². The molecule has 4 rings (SSSR count). The SMILES string of the molecule is COc1ccc(S(=O)(=O)CCCC(=O)N(CCCN2CCOCC2)c2nc3cc(C)cc(C)c3s2)cc1. The summed E-state index contributed by atoms with van der Waals surface area (Å²) in [4.78, 5) is 22.5. The fourth-order valence-corrected chi connectivity index (χ4v) is 6.90. The quantitative estimate of drug-likeness (QED) is 0.356. The predicted octanol–water partition coefficient (Wildman–Crippen LogP) is 4.23. The molecule has 8 nitrogen and oxygen atoms in total. The lowest BCUT2D eigenvalue weighted by molar-refractivity contribution is -0.118. The molecular formula is C27H35N3O5S2. The smallest absolute Gasteiger partial charge is 0.228 e. The van der Waals surface area contributed by atoms with Gasteiger partial charge in [0, 0.05) is 32.6 Å². The molecular weight excluding hydrogens is 510 g/mol. The van der Waals surface area contributed by atoms with Crippen LogP contribution in [0.5, 0.6) is 5.75 Å². The normalized spacial score (nSPS) is 14.7. The Labute approximate surface area is 223 Å². The van der Waals surface area contributed by atoms with Crippen LogP contribution in [-0.4, -0.2) is 76.5 Å². The highest BCUT2D eigenvalue weighted by atomic mass is 32.2. The number of thiazole rings is 1. The van der Waals surface area contributed by atoms with E-state index in [0.29, 0.717) is 17.4 Å². The molecule has 1 aliphatic rings. The highest BCUT2D eigenvalue weighted by Gasteiger charge is 2.22. The average molecular weight is 546 g/mol. The van der Waals surface area contributed by atoms with Crippen molar-refractivity contribution >= 4 is 42.4 Å². The molecule has 0 bridgehead atoms. The number of rotatable bonds is 11. The largest absolute Gasteiger partial charge is 0.497 e. The van der Waals surface area contributed by atoms with Crippen LogP contribution >= 0.6 is 11.3 Å². The van der Waals surface area contributed by atoms with E-state index in [1.54, 1.807) is 29.2 Å². The number of hydrogen-bond acceptors (Lipinski definition) is 8. The maximum absolute atomic E-state index is 13.4. The molecule has 0 radical (unpaired) electrons. The maximum Gasteiger partial charge on any atom is 0.228 e. The van der Waals surface area contributed by atoms with Crippen molar-refractivity contribution in [3.05, 3.63) is 47.5 Å². The maximum atomic E-state index is 13.4. The highest BCUT2D eigenvalue weighted by Crippen LogP contribution is 2.32. The summed E-state index contributed by atoms with van der Waals surface area (Å²) in [6, 6.07) is 10.5. The van der Waals surface area contributed by atoms with Gasteiger partial charge in [-0.15, -0.1) is 0 Å². The van der Waals surface area contributed by atoms with Gasteiger partial charge in [-0.2, -0.15) is 0 Å². The summed E-state index contributed by atoms with van der Waals surface area (Å²) in [7, 11) is -1.95. The van der Waals surface area contributed by atoms with E-state index in [1.807, 2.05) is 13.0 Å². The standard InChI is InChI=1S/C27H35N3O5S2/c1-20-18-21(2)26-24(19-20)28-27(36-26)30(12-5-11-29-13-15-35-16-14-29)25(31)6-4-17-37(32,33)23-9-7-22(34-3)8-10-23/h7-10,18-19H,4-6,11-17H2,1-3H3. The number of carbonyl (C=O) groups is 1. The molecule has 2 heterocycles. The van der Waals surface area contributed by atoms with Crippen LogP contribution in [0.3, 0.4) is 0 Å². The number of aryl methyl sites for hydroxylation is 2. The summed E-state index contributed by atoms with van der Waals surface area (Å²) in [6.45, 7) is 8.80. The van der Waals surface area contributed by atoms with E-state index >= 15 is 0 Å². The second-order valence-corrected chi connectivity index (χ2v) is 12.5. The molecule has 0 N–H and O–H groups in total. The Balaban J connectivity index is 1.44. The van der Waals surface area contributed by atoms with Gasteiger partial charge in [0.15, 0.2) is 15.0 Å². The van der Waals surface area contributed by atoms with Crippen molar-refractivity contribution in [1.82, 2.24) is 9.88 Å². The summed E-state index contributed by atoms with van der Waals surface area (Å²) < 4.78 is 37.2. The van der Waals surface area contributed by atoms with Crippen LogP contribution in [0, 0.1) is 13.8 Å². The Kier molecular flexibility index (Phi) is 9.17. The van der Waals surface area contributed by atoms with E-state index in [0.717, 1.165) is 60.6 Å². The molecule has 1 saturated heterocycles. The molecule has 0 unspecified atom stereocenters. The lowest BCUT2D eigenvalue weighted by atomic mass is 10.1. The van der Waals surface area contributed by atoms with Crippen molar-refractivity contribution in [1.29, 1.82) is 0 Å². The van der Waals surface area contributed by atoms with Gasteiger partial charge in [-0.25, -0.2) is 13.4 Å². The van der Waals surface area contributed by atoms with Gasteiger partial charge in [0.2, 0.25) is 5.91 Å². The van der Waals surface area contributed by atoms with Gasteiger partial charge in [-0.05, 0) is 68.1 Å². The zero-order chi connectivity index (χ0) is 26.4. The Morgan fingerprint density at radius 1 is 1.14 bits per heavy atom. The first-order chi connectivity index (χ1) is 17.8. The van der Waals surface area contributed by atoms with Crippen molar-refractivity contribution < 1.29 is 22.7 Å². The minimum atomic E-state index is -3.49. The predicted molar refractivity (Wildman–Crippen MR) is 148 cm³/mol. The number of fused-ring (bicyclic) bond motifs is 1. The minimum absolute atomic E-state index is 0.0924. The monoisotopic (exact) mass is 545 g/mol. The van der Waals surface area contributed by atoms with Gasteiger partial charge in [-0.3, -0.25) is 14.6 Å². The van der Waals surface area contributed by atoms with Gasteiger partial charge in [0.25, 0.3) is 0 Å². The third kappa shape index (κ3) is 7.07. The van der Waals surface area contributed by atoms with Crippen molar-refractivity contribution in [2.75, 3.05) is 57.2 Å². The molecule has 0 atom stereocenters. The summed E-state index contributed by atoms with van der Waals surface area (Å²) in [5.41, 5.74) is 3.17. The summed E-state index contributed by atoms with van der Waals surface area (Å²) in [5.74, 6) is 0.411. The van der Waals surface area contributed by atoms with Crippen molar-refractivity contribution in [2.24, 2.45) is 0 Å². The van der Waals surface area contributed by atoms with Gasteiger partial charge in [0.1, 0.15) is 5.75 Å². The van der Waals surface area contributed by atoms with Crippen LogP contribution in [0.15, 0.2) is 41.3 Å². The van der Waals surface area contributed by atoms with Gasteiger partial charge < -0.3 is 9.47 Å². The van der Waals surface area contributed by atoms with Crippen molar-refractivity contribution in [3.63, 3.8) is 0 Å². The third-order valence-corrected chi connectivity index (χ3v) is 9.57. The topological polar surface area (TPSA) is 89.0 Å². The molecule has 2 aromatic carbocycles. The van der Waals surface area contributed by atoms with Crippen molar-refractivity contribution in [3.8, 4) is 5.75 Å². The van der Waals surface area contributed by atoms with Crippen LogP contribution in [0.4, 0.5) is 5.13 Å². The molecule has 1 fully saturated rings. The fraction of sp³-hybridized carbons (Fsp3) is 0.481. The minimum Gasteiger partial charge on any atom is -0.497 e. The summed E-state index contributed by atoms with van der Waals surface area (Å²) in [5, 5.41) is 0.675. The molecule has 1 aromatic heterocycles. The van der Waals surface area contributed by atoms with Crippen LogP contribution in [-0.2, 0) is 19.4 Å². The van der Waals surface area contributed by atoms with E-state index in [2.05, 4.69) is 17.9 Å². The molecule has 0 spiro atoms. The van der Waals surface area contributed by atoms with Crippen LogP contribution in [0.2, 0.25) is 0 Å². The number of methoxy groups -OCH3 is 1. The Hall–Kier alpha value is -2.53. The second-order valence-electron chi connectivity index (χ2n) is 9.38. The zero-order valence-corrected chi connectivity index (χ0v) is 23.4. The first kappa shape index (κ1) is 27.5. The molecule has 3 aromatic rings. The first-order valence-corrected chi connectivity index (χ1v) is 15.1. The number of sulfone groups is 1. The van der Waals surface area contributed by atoms with E-state index in [9.17, 15) is 13.2 Å². The number of ether oxygens (including phenoxy) is 2. The number of nitrogens with zero attached hydrogens (tertiary/aromatic N) is 3. The lowest BCUT2D eigenvalue weighted by Gasteiger charge is -2.27. The molecule has 37 heavy (non-hydrogen) atoms. The van der Waals surface area contributed by atoms with E-state index < -0.39 is 9.84 Å². The Morgan fingerprint density at radius 2 is 1.86 bits per heavy atom. The molecule has 1 aliphatic heterocycles. The van der Waals surface area contributed by atoms with E-state index in [4.69, 9.17) is 14.5 Å². The molecule has 1 amide bonds. The number of benzene rings is 2. The van der Waals surface area contributed by atoms with Crippen LogP contribution < -0.4 is 9.64 Å². The first-order valence-electron chi connectivity index (χ1n) is 12.6. The molecule has 0 aliphatic carbocycles. The summed E-state index contributed by atoms with van der Waals surface area (Å²) in [6.07, 6.45) is 1.20. The number of aromatic nitrogens is 1. The van der Waals surface area contributed by atoms with Gasteiger partial charge in [-0.1, -0.05) is 17.4 Å². The zero-order valence-electron chi connectivity index (χ0n) is 21.7. The second kappa shape index (κ2) is 12.3. The fourth-order valence-electron chi connectivity index (χ4n) is 4.53. The van der Waals surface area contributed by atoms with Crippen LogP contribution in [0.25, 0.3) is 10.2 Å². The van der Waals surface area contributed by atoms with E-state index in [-0.39, 0.29) is 29.4 Å². The van der Waals surface area contributed by atoms with Gasteiger partial charge in [0.05, 0.1) is 41.2 Å². The third-order valence-electron chi connectivity index (χ3n) is 6.52. The van der Waals surface area contributed by atoms with E-state index in [1.165, 1.54) is 18.4 Å². The number of hydrogen-bond donors (Lipinski definition) is 0. The number of anilines is 1. The number of carbonyl (C=O) groups excluding carboxylic acids is 1. The number of amides is 1. The molecule has 200 valence electrons. The average Bonchev–Trinajstić information content (AvgIpc) is 3.31.